The number of carboxylic acid groups (broad SMARTS) is 1. The van der Waals surface area contributed by atoms with Gasteiger partial charge in [-0.25, -0.2) is 14.8 Å². The van der Waals surface area contributed by atoms with E-state index < -0.39 is 6.09 Å². The molecule has 2 rings (SSSR count). The zero-order valence-electron chi connectivity index (χ0n) is 8.20. The molecule has 1 aliphatic rings. The van der Waals surface area contributed by atoms with E-state index in [9.17, 15) is 4.79 Å². The zero-order chi connectivity index (χ0) is 11.0. The van der Waals surface area contributed by atoms with E-state index in [0.29, 0.717) is 19.5 Å². The molecule has 0 bridgehead atoms. The maximum absolute atomic E-state index is 10.8. The number of aromatic nitrogens is 2. The zero-order valence-corrected chi connectivity index (χ0v) is 8.95. The van der Waals surface area contributed by atoms with E-state index in [0.717, 1.165) is 17.0 Å². The van der Waals surface area contributed by atoms with Crippen LogP contribution in [-0.2, 0) is 13.0 Å². The summed E-state index contributed by atoms with van der Waals surface area (Å²) >= 11 is 5.73. The molecular weight excluding hydrogens is 218 g/mol. The summed E-state index contributed by atoms with van der Waals surface area (Å²) in [7, 11) is 0. The highest BCUT2D eigenvalue weighted by molar-refractivity contribution is 6.28. The molecule has 0 unspecified atom stereocenters. The smallest absolute Gasteiger partial charge is 0.407 e. The van der Waals surface area contributed by atoms with Crippen LogP contribution < -0.4 is 0 Å². The predicted octanol–water partition coefficient (Wildman–Crippen LogP) is 1.47. The lowest BCUT2D eigenvalue weighted by atomic mass is 10.1. The van der Waals surface area contributed by atoms with Crippen molar-refractivity contribution in [1.82, 2.24) is 14.9 Å². The molecule has 1 aromatic rings. The Morgan fingerprint density at radius 2 is 2.27 bits per heavy atom. The van der Waals surface area contributed by atoms with Gasteiger partial charge in [-0.3, -0.25) is 0 Å². The number of nitrogens with zero attached hydrogens (tertiary/aromatic N) is 3. The topological polar surface area (TPSA) is 66.3 Å². The molecule has 1 N–H and O–H groups in total. The van der Waals surface area contributed by atoms with Crippen LogP contribution in [-0.4, -0.2) is 32.6 Å². The predicted molar refractivity (Wildman–Crippen MR) is 53.9 cm³/mol. The third kappa shape index (κ3) is 1.87. The lowest BCUT2D eigenvalue weighted by molar-refractivity contribution is 0.139. The Labute approximate surface area is 91.7 Å². The Morgan fingerprint density at radius 1 is 1.53 bits per heavy atom. The van der Waals surface area contributed by atoms with Gasteiger partial charge in [0.05, 0.1) is 12.2 Å². The van der Waals surface area contributed by atoms with Gasteiger partial charge >= 0.3 is 6.09 Å². The number of hydrogen-bond acceptors (Lipinski definition) is 3. The van der Waals surface area contributed by atoms with Crippen molar-refractivity contribution in [2.24, 2.45) is 0 Å². The van der Waals surface area contributed by atoms with Crippen LogP contribution in [0.4, 0.5) is 4.79 Å². The second-order valence-electron chi connectivity index (χ2n) is 3.46. The van der Waals surface area contributed by atoms with Gasteiger partial charge < -0.3 is 10.0 Å². The molecular formula is C9H10ClN3O2. The Bertz CT molecular complexity index is 422. The van der Waals surface area contributed by atoms with Gasteiger partial charge in [0.1, 0.15) is 0 Å². The molecule has 0 saturated carbocycles. The lowest BCUT2D eigenvalue weighted by Gasteiger charge is -2.26. The highest BCUT2D eigenvalue weighted by atomic mass is 35.5. The number of carbonyl (C=O) groups is 1. The largest absolute Gasteiger partial charge is 0.465 e. The molecule has 0 radical (unpaired) electrons. The van der Waals surface area contributed by atoms with Crippen LogP contribution in [0.5, 0.6) is 0 Å². The molecule has 15 heavy (non-hydrogen) atoms. The van der Waals surface area contributed by atoms with Gasteiger partial charge in [-0.1, -0.05) is 0 Å². The van der Waals surface area contributed by atoms with Gasteiger partial charge in [0.25, 0.3) is 0 Å². The first-order valence-corrected chi connectivity index (χ1v) is 4.95. The molecule has 0 aromatic carbocycles. The number of rotatable bonds is 0. The fraction of sp³-hybridized carbons (Fsp3) is 0.444. The van der Waals surface area contributed by atoms with Crippen molar-refractivity contribution in [3.8, 4) is 0 Å². The first-order chi connectivity index (χ1) is 7.08. The van der Waals surface area contributed by atoms with E-state index in [1.807, 2.05) is 6.92 Å². The number of halogens is 1. The average Bonchev–Trinajstić information content (AvgIpc) is 2.16. The maximum atomic E-state index is 10.8. The first kappa shape index (κ1) is 10.2. The highest BCUT2D eigenvalue weighted by Crippen LogP contribution is 2.21. The van der Waals surface area contributed by atoms with Crippen LogP contribution in [0, 0.1) is 6.92 Å². The summed E-state index contributed by atoms with van der Waals surface area (Å²) in [6.07, 6.45) is -0.306. The Kier molecular flexibility index (Phi) is 2.48. The Balaban J connectivity index is 2.37. The first-order valence-electron chi connectivity index (χ1n) is 4.57. The van der Waals surface area contributed by atoms with Gasteiger partial charge in [-0.15, -0.1) is 0 Å². The molecule has 1 aromatic heterocycles. The number of amides is 1. The van der Waals surface area contributed by atoms with Gasteiger partial charge in [0.2, 0.25) is 5.28 Å². The summed E-state index contributed by atoms with van der Waals surface area (Å²) in [4.78, 5) is 20.3. The molecule has 0 spiro atoms. The minimum atomic E-state index is -0.907. The van der Waals surface area contributed by atoms with Crippen molar-refractivity contribution in [2.45, 2.75) is 19.9 Å². The van der Waals surface area contributed by atoms with Crippen LogP contribution in [0.1, 0.15) is 17.0 Å². The Morgan fingerprint density at radius 3 is 2.93 bits per heavy atom. The monoisotopic (exact) mass is 227 g/mol. The summed E-state index contributed by atoms with van der Waals surface area (Å²) in [5.74, 6) is 0. The molecule has 6 heteroatoms. The van der Waals surface area contributed by atoms with Gasteiger partial charge in [0.15, 0.2) is 0 Å². The van der Waals surface area contributed by atoms with Crippen molar-refractivity contribution in [1.29, 1.82) is 0 Å². The average molecular weight is 228 g/mol. The number of aryl methyl sites for hydroxylation is 1. The van der Waals surface area contributed by atoms with Crippen LogP contribution in [0.3, 0.4) is 0 Å². The minimum Gasteiger partial charge on any atom is -0.465 e. The van der Waals surface area contributed by atoms with Crippen LogP contribution in [0.15, 0.2) is 0 Å². The number of fused-ring (bicyclic) bond motifs is 1. The van der Waals surface area contributed by atoms with E-state index in [2.05, 4.69) is 9.97 Å². The molecule has 0 fully saturated rings. The van der Waals surface area contributed by atoms with E-state index in [-0.39, 0.29) is 5.28 Å². The van der Waals surface area contributed by atoms with E-state index in [4.69, 9.17) is 16.7 Å². The quantitative estimate of drug-likeness (QED) is 0.682. The summed E-state index contributed by atoms with van der Waals surface area (Å²) in [5, 5.41) is 9.10. The molecule has 1 aliphatic heterocycles. The normalized spacial score (nSPS) is 14.9. The van der Waals surface area contributed by atoms with E-state index >= 15 is 0 Å². The van der Waals surface area contributed by atoms with Crippen molar-refractivity contribution in [3.63, 3.8) is 0 Å². The number of hydrogen-bond donors (Lipinski definition) is 1. The molecule has 1 amide bonds. The molecule has 2 heterocycles. The standard InChI is InChI=1S/C9H10ClN3O2/c1-5-6-4-13(9(14)15)3-2-7(6)12-8(10)11-5/h2-4H2,1H3,(H,14,15). The summed E-state index contributed by atoms with van der Waals surface area (Å²) in [6, 6.07) is 0. The third-order valence-corrected chi connectivity index (χ3v) is 2.68. The molecule has 80 valence electrons. The van der Waals surface area contributed by atoms with Crippen molar-refractivity contribution >= 4 is 17.7 Å². The van der Waals surface area contributed by atoms with E-state index in [1.54, 1.807) is 0 Å². The highest BCUT2D eigenvalue weighted by Gasteiger charge is 2.23. The summed E-state index contributed by atoms with van der Waals surface area (Å²) in [5.41, 5.74) is 2.51. The molecule has 5 nitrogen and oxygen atoms in total. The summed E-state index contributed by atoms with van der Waals surface area (Å²) < 4.78 is 0. The lowest BCUT2D eigenvalue weighted by Crippen LogP contribution is -2.35. The fourth-order valence-electron chi connectivity index (χ4n) is 1.71. The second-order valence-corrected chi connectivity index (χ2v) is 3.80. The van der Waals surface area contributed by atoms with E-state index in [1.165, 1.54) is 4.90 Å². The van der Waals surface area contributed by atoms with Crippen LogP contribution in [0.2, 0.25) is 5.28 Å². The van der Waals surface area contributed by atoms with Crippen LogP contribution in [0.25, 0.3) is 0 Å². The van der Waals surface area contributed by atoms with Crippen molar-refractivity contribution in [2.75, 3.05) is 6.54 Å². The third-order valence-electron chi connectivity index (χ3n) is 2.51. The van der Waals surface area contributed by atoms with Gasteiger partial charge in [0, 0.05) is 24.2 Å². The molecule has 0 saturated heterocycles. The van der Waals surface area contributed by atoms with Gasteiger partial charge in [-0.2, -0.15) is 0 Å². The van der Waals surface area contributed by atoms with Crippen molar-refractivity contribution in [3.05, 3.63) is 22.2 Å². The minimum absolute atomic E-state index is 0.232. The van der Waals surface area contributed by atoms with Crippen LogP contribution >= 0.6 is 11.6 Å². The van der Waals surface area contributed by atoms with Gasteiger partial charge in [-0.05, 0) is 18.5 Å². The Hall–Kier alpha value is -1.36. The second kappa shape index (κ2) is 3.66. The maximum Gasteiger partial charge on any atom is 0.407 e. The molecule has 0 aliphatic carbocycles. The van der Waals surface area contributed by atoms with Crippen molar-refractivity contribution < 1.29 is 9.90 Å². The molecule has 0 atom stereocenters. The fourth-order valence-corrected chi connectivity index (χ4v) is 1.93. The SMILES string of the molecule is Cc1nc(Cl)nc2c1CN(C(=O)O)CC2. The summed E-state index contributed by atoms with van der Waals surface area (Å²) in [6.45, 7) is 2.64.